The fraction of sp³-hybridized carbons (Fsp3) is 0.357. The quantitative estimate of drug-likeness (QED) is 0.514. The highest BCUT2D eigenvalue weighted by molar-refractivity contribution is 5.40. The molecular weight excluding hydrogens is 368 g/mol. The summed E-state index contributed by atoms with van der Waals surface area (Å²) in [5.41, 5.74) is 5.09. The van der Waals surface area contributed by atoms with E-state index < -0.39 is 0 Å². The van der Waals surface area contributed by atoms with Gasteiger partial charge in [0, 0.05) is 0 Å². The molecular formula is C28H30O2. The molecule has 0 bridgehead atoms. The van der Waals surface area contributed by atoms with E-state index in [0.29, 0.717) is 23.5 Å². The van der Waals surface area contributed by atoms with Crippen LogP contribution in [0.5, 0.6) is 5.75 Å². The fourth-order valence-electron chi connectivity index (χ4n) is 5.71. The molecule has 30 heavy (non-hydrogen) atoms. The SMILES string of the molecule is CCC1CC2CC(Cc3ccccc3O)c3ccccc3C2OC1c1ccccc1. The van der Waals surface area contributed by atoms with Crippen LogP contribution in [-0.2, 0) is 11.2 Å². The van der Waals surface area contributed by atoms with Gasteiger partial charge in [-0.05, 0) is 65.3 Å². The summed E-state index contributed by atoms with van der Waals surface area (Å²) >= 11 is 0. The van der Waals surface area contributed by atoms with Crippen LogP contribution in [-0.4, -0.2) is 5.11 Å². The van der Waals surface area contributed by atoms with Crippen LogP contribution < -0.4 is 0 Å². The highest BCUT2D eigenvalue weighted by atomic mass is 16.5. The Kier molecular flexibility index (Phi) is 5.35. The van der Waals surface area contributed by atoms with Crippen molar-refractivity contribution in [2.24, 2.45) is 11.8 Å². The largest absolute Gasteiger partial charge is 0.508 e. The van der Waals surface area contributed by atoms with E-state index in [1.165, 1.54) is 23.1 Å². The zero-order valence-electron chi connectivity index (χ0n) is 17.6. The van der Waals surface area contributed by atoms with Crippen molar-refractivity contribution in [2.45, 2.75) is 50.7 Å². The maximum absolute atomic E-state index is 10.3. The number of aromatic hydroxyl groups is 1. The summed E-state index contributed by atoms with van der Waals surface area (Å²) in [4.78, 5) is 0. The summed E-state index contributed by atoms with van der Waals surface area (Å²) in [5, 5.41) is 10.3. The van der Waals surface area contributed by atoms with Crippen molar-refractivity contribution < 1.29 is 9.84 Å². The minimum absolute atomic E-state index is 0.162. The van der Waals surface area contributed by atoms with Crippen LogP contribution in [0.3, 0.4) is 0 Å². The molecule has 0 spiro atoms. The number of hydrogen-bond donors (Lipinski definition) is 1. The first-order valence-corrected chi connectivity index (χ1v) is 11.3. The maximum atomic E-state index is 10.3. The zero-order valence-corrected chi connectivity index (χ0v) is 17.6. The van der Waals surface area contributed by atoms with Gasteiger partial charge < -0.3 is 9.84 Å². The average Bonchev–Trinajstić information content (AvgIpc) is 2.80. The Morgan fingerprint density at radius 2 is 1.50 bits per heavy atom. The second kappa shape index (κ2) is 8.28. The highest BCUT2D eigenvalue weighted by Crippen LogP contribution is 2.54. The first kappa shape index (κ1) is 19.4. The van der Waals surface area contributed by atoms with Gasteiger partial charge in [-0.1, -0.05) is 86.1 Å². The minimum Gasteiger partial charge on any atom is -0.508 e. The number of phenolic OH excluding ortho intramolecular Hbond substituents is 1. The average molecular weight is 399 g/mol. The third kappa shape index (κ3) is 3.54. The molecule has 3 aromatic rings. The molecule has 1 aliphatic heterocycles. The minimum atomic E-state index is 0.162. The van der Waals surface area contributed by atoms with Crippen LogP contribution in [0.2, 0.25) is 0 Å². The van der Waals surface area contributed by atoms with E-state index >= 15 is 0 Å². The lowest BCUT2D eigenvalue weighted by atomic mass is 9.67. The van der Waals surface area contributed by atoms with Gasteiger partial charge in [0.1, 0.15) is 5.75 Å². The third-order valence-corrected chi connectivity index (χ3v) is 7.20. The van der Waals surface area contributed by atoms with Gasteiger partial charge in [0.25, 0.3) is 0 Å². The van der Waals surface area contributed by atoms with Gasteiger partial charge in [0.15, 0.2) is 0 Å². The normalized spacial score (nSPS) is 27.8. The smallest absolute Gasteiger partial charge is 0.118 e. The Morgan fingerprint density at radius 3 is 2.27 bits per heavy atom. The standard InChI is InChI=1S/C28H30O2/c1-2-19-16-23-18-22(17-21-12-6-9-15-26(21)29)24-13-7-8-14-25(24)28(23)30-27(19)20-10-4-3-5-11-20/h3-15,19,22-23,27-29H,2,16-18H2,1H3. The number of para-hydroxylation sites is 1. The number of ether oxygens (including phenoxy) is 1. The lowest BCUT2D eigenvalue weighted by Gasteiger charge is -2.47. The van der Waals surface area contributed by atoms with Crippen LogP contribution in [0.4, 0.5) is 0 Å². The topological polar surface area (TPSA) is 29.5 Å². The van der Waals surface area contributed by atoms with Crippen molar-refractivity contribution in [3.63, 3.8) is 0 Å². The summed E-state index contributed by atoms with van der Waals surface area (Å²) in [7, 11) is 0. The third-order valence-electron chi connectivity index (χ3n) is 7.20. The van der Waals surface area contributed by atoms with Crippen molar-refractivity contribution in [3.8, 4) is 5.75 Å². The van der Waals surface area contributed by atoms with E-state index in [0.717, 1.165) is 24.8 Å². The molecule has 0 radical (unpaired) electrons. The number of rotatable bonds is 4. The predicted molar refractivity (Wildman–Crippen MR) is 121 cm³/mol. The molecule has 1 N–H and O–H groups in total. The van der Waals surface area contributed by atoms with Crippen LogP contribution in [0, 0.1) is 11.8 Å². The molecule has 1 fully saturated rings. The van der Waals surface area contributed by atoms with E-state index in [2.05, 4.69) is 67.6 Å². The van der Waals surface area contributed by atoms with E-state index in [4.69, 9.17) is 4.74 Å². The van der Waals surface area contributed by atoms with Crippen molar-refractivity contribution in [1.29, 1.82) is 0 Å². The molecule has 2 aliphatic rings. The molecule has 1 heterocycles. The van der Waals surface area contributed by atoms with Crippen molar-refractivity contribution in [1.82, 2.24) is 0 Å². The monoisotopic (exact) mass is 398 g/mol. The number of fused-ring (bicyclic) bond motifs is 3. The van der Waals surface area contributed by atoms with Gasteiger partial charge in [-0.15, -0.1) is 0 Å². The first-order valence-electron chi connectivity index (χ1n) is 11.3. The molecule has 0 aromatic heterocycles. The van der Waals surface area contributed by atoms with Gasteiger partial charge in [-0.3, -0.25) is 0 Å². The number of hydrogen-bond acceptors (Lipinski definition) is 2. The Morgan fingerprint density at radius 1 is 0.800 bits per heavy atom. The van der Waals surface area contributed by atoms with Gasteiger partial charge in [0.2, 0.25) is 0 Å². The summed E-state index contributed by atoms with van der Waals surface area (Å²) in [6.45, 7) is 2.29. The second-order valence-electron chi connectivity index (χ2n) is 8.95. The van der Waals surface area contributed by atoms with E-state index in [9.17, 15) is 5.11 Å². The molecule has 2 nitrogen and oxygen atoms in total. The summed E-state index contributed by atoms with van der Waals surface area (Å²) < 4.78 is 6.88. The second-order valence-corrected chi connectivity index (χ2v) is 8.95. The Labute approximate surface area is 179 Å². The van der Waals surface area contributed by atoms with Gasteiger partial charge in [-0.2, -0.15) is 0 Å². The van der Waals surface area contributed by atoms with Gasteiger partial charge in [0.05, 0.1) is 12.2 Å². The van der Waals surface area contributed by atoms with Crippen molar-refractivity contribution in [3.05, 3.63) is 101 Å². The molecule has 5 unspecified atom stereocenters. The molecule has 1 aliphatic carbocycles. The van der Waals surface area contributed by atoms with E-state index in [1.54, 1.807) is 6.07 Å². The first-order chi connectivity index (χ1) is 14.7. The molecule has 5 rings (SSSR count). The molecule has 2 heteroatoms. The Hall–Kier alpha value is -2.58. The maximum Gasteiger partial charge on any atom is 0.118 e. The predicted octanol–water partition coefficient (Wildman–Crippen LogP) is 6.97. The van der Waals surface area contributed by atoms with Crippen molar-refractivity contribution >= 4 is 0 Å². The van der Waals surface area contributed by atoms with Gasteiger partial charge >= 0.3 is 0 Å². The van der Waals surface area contributed by atoms with Crippen molar-refractivity contribution in [2.75, 3.05) is 0 Å². The molecule has 0 saturated carbocycles. The molecule has 154 valence electrons. The fourth-order valence-corrected chi connectivity index (χ4v) is 5.71. The summed E-state index contributed by atoms with van der Waals surface area (Å²) in [6, 6.07) is 27.3. The molecule has 1 saturated heterocycles. The van der Waals surface area contributed by atoms with Crippen LogP contribution in [0.25, 0.3) is 0 Å². The van der Waals surface area contributed by atoms with E-state index in [1.807, 2.05) is 12.1 Å². The molecule has 5 atom stereocenters. The van der Waals surface area contributed by atoms with Crippen LogP contribution >= 0.6 is 0 Å². The summed E-state index contributed by atoms with van der Waals surface area (Å²) in [5.74, 6) is 1.91. The van der Waals surface area contributed by atoms with Gasteiger partial charge in [-0.25, -0.2) is 0 Å². The van der Waals surface area contributed by atoms with Crippen LogP contribution in [0.1, 0.15) is 66.6 Å². The van der Waals surface area contributed by atoms with E-state index in [-0.39, 0.29) is 12.2 Å². The highest BCUT2D eigenvalue weighted by Gasteiger charge is 2.43. The zero-order chi connectivity index (χ0) is 20.5. The van der Waals surface area contributed by atoms with Crippen LogP contribution in [0.15, 0.2) is 78.9 Å². The molecule has 0 amide bonds. The Balaban J connectivity index is 1.48. The number of phenols is 1. The summed E-state index contributed by atoms with van der Waals surface area (Å²) in [6.07, 6.45) is 4.66. The lowest BCUT2D eigenvalue weighted by molar-refractivity contribution is -0.129. The molecule has 3 aromatic carbocycles. The Bertz CT molecular complexity index is 996. The number of benzene rings is 3. The lowest BCUT2D eigenvalue weighted by Crippen LogP contribution is -2.36.